The van der Waals surface area contributed by atoms with Crippen molar-refractivity contribution in [1.82, 2.24) is 9.55 Å². The third-order valence-electron chi connectivity index (χ3n) is 2.63. The Labute approximate surface area is 114 Å². The van der Waals surface area contributed by atoms with E-state index < -0.39 is 4.92 Å². The first-order chi connectivity index (χ1) is 9.11. The fraction of sp³-hybridized carbons (Fsp3) is 0.250. The Morgan fingerprint density at radius 2 is 2.32 bits per heavy atom. The average Bonchev–Trinajstić information content (AvgIpc) is 2.83. The first kappa shape index (κ1) is 13.4. The van der Waals surface area contributed by atoms with Crippen molar-refractivity contribution < 1.29 is 9.66 Å². The van der Waals surface area contributed by atoms with Crippen molar-refractivity contribution in [2.24, 2.45) is 0 Å². The zero-order valence-corrected chi connectivity index (χ0v) is 11.0. The number of nitrogens with zero attached hydrogens (tertiary/aromatic N) is 3. The summed E-state index contributed by atoms with van der Waals surface area (Å²) in [7, 11) is 0. The quantitative estimate of drug-likeness (QED) is 0.624. The molecule has 1 aromatic carbocycles. The molecule has 0 bridgehead atoms. The molecule has 2 rings (SSSR count). The zero-order chi connectivity index (χ0) is 13.8. The Kier molecular flexibility index (Phi) is 4.01. The number of nitro groups is 1. The first-order valence-corrected chi connectivity index (χ1v) is 6.06. The van der Waals surface area contributed by atoms with Gasteiger partial charge in [-0.25, -0.2) is 4.98 Å². The molecule has 0 unspecified atom stereocenters. The largest absolute Gasteiger partial charge is 0.486 e. The maximum atomic E-state index is 10.6. The molecule has 0 aliphatic rings. The molecule has 19 heavy (non-hydrogen) atoms. The second-order valence-corrected chi connectivity index (χ2v) is 4.20. The summed E-state index contributed by atoms with van der Waals surface area (Å²) >= 11 is 5.80. The van der Waals surface area contributed by atoms with Gasteiger partial charge < -0.3 is 9.30 Å². The van der Waals surface area contributed by atoms with E-state index in [1.54, 1.807) is 6.20 Å². The van der Waals surface area contributed by atoms with Gasteiger partial charge in [-0.1, -0.05) is 11.6 Å². The summed E-state index contributed by atoms with van der Waals surface area (Å²) < 4.78 is 7.47. The third-order valence-corrected chi connectivity index (χ3v) is 2.93. The number of ether oxygens (including phenoxy) is 1. The van der Waals surface area contributed by atoms with Crippen molar-refractivity contribution in [3.63, 3.8) is 0 Å². The van der Waals surface area contributed by atoms with Crippen LogP contribution in [0.4, 0.5) is 5.69 Å². The summed E-state index contributed by atoms with van der Waals surface area (Å²) in [5, 5.41) is 10.7. The molecule has 1 heterocycles. The highest BCUT2D eigenvalue weighted by atomic mass is 35.5. The number of nitro benzene ring substituents is 1. The number of benzene rings is 1. The lowest BCUT2D eigenvalue weighted by atomic mass is 10.3. The second kappa shape index (κ2) is 5.71. The number of rotatable bonds is 5. The molecule has 0 saturated carbocycles. The monoisotopic (exact) mass is 281 g/mol. The predicted molar refractivity (Wildman–Crippen MR) is 70.3 cm³/mol. The van der Waals surface area contributed by atoms with Crippen molar-refractivity contribution >= 4 is 17.3 Å². The van der Waals surface area contributed by atoms with Gasteiger partial charge in [0.05, 0.1) is 4.92 Å². The third kappa shape index (κ3) is 3.03. The van der Waals surface area contributed by atoms with Crippen LogP contribution in [0.15, 0.2) is 30.6 Å². The van der Waals surface area contributed by atoms with Crippen molar-refractivity contribution in [3.05, 3.63) is 51.6 Å². The lowest BCUT2D eigenvalue weighted by Gasteiger charge is -2.07. The van der Waals surface area contributed by atoms with E-state index in [1.165, 1.54) is 18.2 Å². The van der Waals surface area contributed by atoms with E-state index in [1.807, 2.05) is 17.7 Å². The Morgan fingerprint density at radius 1 is 1.53 bits per heavy atom. The van der Waals surface area contributed by atoms with Gasteiger partial charge in [-0.05, 0) is 13.0 Å². The van der Waals surface area contributed by atoms with Crippen LogP contribution in [0.2, 0.25) is 5.02 Å². The van der Waals surface area contributed by atoms with Gasteiger partial charge in [-0.15, -0.1) is 0 Å². The Balaban J connectivity index is 2.08. The molecule has 7 heteroatoms. The van der Waals surface area contributed by atoms with Gasteiger partial charge >= 0.3 is 0 Å². The van der Waals surface area contributed by atoms with Gasteiger partial charge in [0.15, 0.2) is 0 Å². The normalized spacial score (nSPS) is 10.4. The average molecular weight is 282 g/mol. The maximum absolute atomic E-state index is 10.6. The Hall–Kier alpha value is -2.08. The fourth-order valence-electron chi connectivity index (χ4n) is 1.64. The van der Waals surface area contributed by atoms with Gasteiger partial charge in [0.25, 0.3) is 5.69 Å². The van der Waals surface area contributed by atoms with Crippen LogP contribution in [-0.2, 0) is 13.2 Å². The molecule has 0 atom stereocenters. The summed E-state index contributed by atoms with van der Waals surface area (Å²) in [6.45, 7) is 3.10. The lowest BCUT2D eigenvalue weighted by molar-refractivity contribution is -0.384. The predicted octanol–water partition coefficient (Wildman–Crippen LogP) is 3.04. The molecule has 0 aliphatic carbocycles. The number of hydrogen-bond donors (Lipinski definition) is 0. The first-order valence-electron chi connectivity index (χ1n) is 5.68. The van der Waals surface area contributed by atoms with Gasteiger partial charge in [0, 0.05) is 31.1 Å². The highest BCUT2D eigenvalue weighted by Gasteiger charge is 2.12. The van der Waals surface area contributed by atoms with E-state index in [4.69, 9.17) is 16.3 Å². The number of hydrogen-bond acceptors (Lipinski definition) is 4. The van der Waals surface area contributed by atoms with Crippen molar-refractivity contribution in [2.75, 3.05) is 0 Å². The molecule has 2 aromatic rings. The van der Waals surface area contributed by atoms with E-state index in [9.17, 15) is 10.1 Å². The van der Waals surface area contributed by atoms with Crippen molar-refractivity contribution in [2.45, 2.75) is 20.1 Å². The number of aryl methyl sites for hydroxylation is 1. The highest BCUT2D eigenvalue weighted by molar-refractivity contribution is 6.32. The second-order valence-electron chi connectivity index (χ2n) is 3.79. The summed E-state index contributed by atoms with van der Waals surface area (Å²) in [6.07, 6.45) is 3.56. The molecule has 0 N–H and O–H groups in total. The van der Waals surface area contributed by atoms with Crippen LogP contribution in [-0.4, -0.2) is 14.5 Å². The SMILES string of the molecule is CCn1ccnc1COc1ccc([N+](=O)[O-])c(Cl)c1. The van der Waals surface area contributed by atoms with Crippen LogP contribution in [0.5, 0.6) is 5.75 Å². The fourth-order valence-corrected chi connectivity index (χ4v) is 1.88. The van der Waals surface area contributed by atoms with Gasteiger partial charge in [0.2, 0.25) is 0 Å². The summed E-state index contributed by atoms with van der Waals surface area (Å²) in [5.74, 6) is 1.26. The van der Waals surface area contributed by atoms with Crippen molar-refractivity contribution in [1.29, 1.82) is 0 Å². The minimum atomic E-state index is -0.532. The molecule has 0 spiro atoms. The zero-order valence-electron chi connectivity index (χ0n) is 10.2. The van der Waals surface area contributed by atoms with Gasteiger partial charge in [-0.2, -0.15) is 0 Å². The van der Waals surface area contributed by atoms with E-state index in [-0.39, 0.29) is 17.3 Å². The minimum absolute atomic E-state index is 0.0568. The number of aromatic nitrogens is 2. The molecule has 0 fully saturated rings. The van der Waals surface area contributed by atoms with Crippen LogP contribution in [0.25, 0.3) is 0 Å². The van der Waals surface area contributed by atoms with E-state index in [0.717, 1.165) is 12.4 Å². The molecule has 0 saturated heterocycles. The molecule has 1 aromatic heterocycles. The molecular weight excluding hydrogens is 270 g/mol. The van der Waals surface area contributed by atoms with Gasteiger partial charge in [0.1, 0.15) is 23.2 Å². The molecule has 6 nitrogen and oxygen atoms in total. The molecular formula is C12H12ClN3O3. The van der Waals surface area contributed by atoms with Crippen LogP contribution < -0.4 is 4.74 Å². The van der Waals surface area contributed by atoms with Crippen LogP contribution >= 0.6 is 11.6 Å². The Morgan fingerprint density at radius 3 is 2.95 bits per heavy atom. The topological polar surface area (TPSA) is 70.2 Å². The summed E-state index contributed by atoms with van der Waals surface area (Å²) in [6, 6.07) is 4.27. The smallest absolute Gasteiger partial charge is 0.288 e. The van der Waals surface area contributed by atoms with Crippen LogP contribution in [0, 0.1) is 10.1 Å². The van der Waals surface area contributed by atoms with E-state index in [2.05, 4.69) is 4.98 Å². The van der Waals surface area contributed by atoms with Gasteiger partial charge in [-0.3, -0.25) is 10.1 Å². The summed E-state index contributed by atoms with van der Waals surface area (Å²) in [4.78, 5) is 14.3. The van der Waals surface area contributed by atoms with Crippen LogP contribution in [0.1, 0.15) is 12.7 Å². The molecule has 0 aliphatic heterocycles. The minimum Gasteiger partial charge on any atom is -0.486 e. The summed E-state index contributed by atoms with van der Waals surface area (Å²) in [5.41, 5.74) is -0.135. The van der Waals surface area contributed by atoms with E-state index >= 15 is 0 Å². The molecule has 0 amide bonds. The van der Waals surface area contributed by atoms with Crippen molar-refractivity contribution in [3.8, 4) is 5.75 Å². The Bertz CT molecular complexity index is 598. The highest BCUT2D eigenvalue weighted by Crippen LogP contribution is 2.28. The molecule has 0 radical (unpaired) electrons. The molecule has 100 valence electrons. The van der Waals surface area contributed by atoms with Crippen LogP contribution in [0.3, 0.4) is 0 Å². The standard InChI is InChI=1S/C12H12ClN3O3/c1-2-15-6-5-14-12(15)8-19-9-3-4-11(16(17)18)10(13)7-9/h3-7H,2,8H2,1H3. The number of imidazole rings is 1. The lowest BCUT2D eigenvalue weighted by Crippen LogP contribution is -2.05. The number of halogens is 1. The van der Waals surface area contributed by atoms with E-state index in [0.29, 0.717) is 5.75 Å². The maximum Gasteiger partial charge on any atom is 0.288 e.